The molecule has 2 aromatic rings. The molecule has 1 aliphatic heterocycles. The Morgan fingerprint density at radius 3 is 2.92 bits per heavy atom. The molecule has 2 amide bonds. The van der Waals surface area contributed by atoms with Crippen LogP contribution in [0.1, 0.15) is 25.5 Å². The summed E-state index contributed by atoms with van der Waals surface area (Å²) in [5.74, 6) is 0.596. The first-order valence-corrected chi connectivity index (χ1v) is 8.96. The second kappa shape index (κ2) is 6.78. The highest BCUT2D eigenvalue weighted by Crippen LogP contribution is 2.32. The van der Waals surface area contributed by atoms with Gasteiger partial charge in [0.2, 0.25) is 11.8 Å². The molecule has 0 radical (unpaired) electrons. The summed E-state index contributed by atoms with van der Waals surface area (Å²) in [6.45, 7) is 2.59. The van der Waals surface area contributed by atoms with Crippen LogP contribution in [0.25, 0.3) is 11.1 Å². The number of anilines is 1. The fraction of sp³-hybridized carbons (Fsp3) is 0.350. The lowest BCUT2D eigenvalue weighted by atomic mass is 10.1. The minimum atomic E-state index is -0.113. The largest absolute Gasteiger partial charge is 0.494 e. The lowest BCUT2D eigenvalue weighted by Crippen LogP contribution is -2.39. The first-order chi connectivity index (χ1) is 12.6. The third kappa shape index (κ3) is 3.40. The average molecular weight is 351 g/mol. The summed E-state index contributed by atoms with van der Waals surface area (Å²) < 4.78 is 5.56. The number of nitrogens with zero attached hydrogens (tertiary/aromatic N) is 2. The van der Waals surface area contributed by atoms with Crippen molar-refractivity contribution in [3.63, 3.8) is 0 Å². The summed E-state index contributed by atoms with van der Waals surface area (Å²) in [5.41, 5.74) is 3.31. The van der Waals surface area contributed by atoms with Crippen LogP contribution in [0.5, 0.6) is 5.75 Å². The van der Waals surface area contributed by atoms with Gasteiger partial charge < -0.3 is 15.0 Å². The zero-order valence-corrected chi connectivity index (χ0v) is 14.7. The van der Waals surface area contributed by atoms with Crippen molar-refractivity contribution in [2.75, 3.05) is 18.1 Å². The number of amides is 2. The van der Waals surface area contributed by atoms with Crippen molar-refractivity contribution in [2.45, 2.75) is 32.2 Å². The molecule has 1 aromatic heterocycles. The maximum absolute atomic E-state index is 12.3. The molecule has 0 bridgehead atoms. The van der Waals surface area contributed by atoms with E-state index in [2.05, 4.69) is 10.3 Å². The molecule has 0 spiro atoms. The minimum Gasteiger partial charge on any atom is -0.494 e. The van der Waals surface area contributed by atoms with Crippen LogP contribution in [0.3, 0.4) is 0 Å². The van der Waals surface area contributed by atoms with Gasteiger partial charge in [0.15, 0.2) is 0 Å². The minimum absolute atomic E-state index is 0.0481. The molecule has 2 aliphatic rings. The average Bonchev–Trinajstić information content (AvgIpc) is 3.39. The SMILES string of the molecule is CCOc1cccc(-c2cnc3c(c2)N(CC(=O)NC2CC2)C(=O)C3)c1. The fourth-order valence-electron chi connectivity index (χ4n) is 3.13. The van der Waals surface area contributed by atoms with Gasteiger partial charge in [0.05, 0.1) is 24.4 Å². The van der Waals surface area contributed by atoms with E-state index in [4.69, 9.17) is 4.74 Å². The fourth-order valence-corrected chi connectivity index (χ4v) is 3.13. The highest BCUT2D eigenvalue weighted by atomic mass is 16.5. The number of ether oxygens (including phenoxy) is 1. The molecule has 6 heteroatoms. The molecule has 2 heterocycles. The lowest BCUT2D eigenvalue weighted by molar-refractivity contribution is -0.123. The summed E-state index contributed by atoms with van der Waals surface area (Å²) in [6, 6.07) is 9.99. The number of rotatable bonds is 6. The zero-order valence-electron chi connectivity index (χ0n) is 14.7. The van der Waals surface area contributed by atoms with Crippen LogP contribution in [0.4, 0.5) is 5.69 Å². The van der Waals surface area contributed by atoms with Gasteiger partial charge in [0.1, 0.15) is 12.3 Å². The summed E-state index contributed by atoms with van der Waals surface area (Å²) in [6.07, 6.45) is 4.06. The van der Waals surface area contributed by atoms with Gasteiger partial charge in [-0.2, -0.15) is 0 Å². The van der Waals surface area contributed by atoms with Crippen molar-refractivity contribution in [3.05, 3.63) is 42.2 Å². The van der Waals surface area contributed by atoms with Crippen molar-refractivity contribution < 1.29 is 14.3 Å². The molecule has 1 aliphatic carbocycles. The Labute approximate surface area is 152 Å². The second-order valence-corrected chi connectivity index (χ2v) is 6.65. The van der Waals surface area contributed by atoms with Crippen LogP contribution in [0.2, 0.25) is 0 Å². The Morgan fingerprint density at radius 1 is 1.31 bits per heavy atom. The van der Waals surface area contributed by atoms with Gasteiger partial charge in [-0.05, 0) is 43.5 Å². The Balaban J connectivity index is 1.59. The van der Waals surface area contributed by atoms with Crippen LogP contribution in [0, 0.1) is 0 Å². The number of hydrogen-bond donors (Lipinski definition) is 1. The van der Waals surface area contributed by atoms with Crippen molar-refractivity contribution in [2.24, 2.45) is 0 Å². The third-order valence-corrected chi connectivity index (χ3v) is 4.58. The molecule has 1 N–H and O–H groups in total. The molecule has 26 heavy (non-hydrogen) atoms. The maximum Gasteiger partial charge on any atom is 0.240 e. The molecule has 134 valence electrons. The molecule has 4 rings (SSSR count). The molecule has 0 unspecified atom stereocenters. The molecular formula is C20H21N3O3. The highest BCUT2D eigenvalue weighted by Gasteiger charge is 2.32. The van der Waals surface area contributed by atoms with Crippen molar-refractivity contribution in [1.82, 2.24) is 10.3 Å². The summed E-state index contributed by atoms with van der Waals surface area (Å²) in [5, 5.41) is 2.93. The van der Waals surface area contributed by atoms with Crippen LogP contribution in [0.15, 0.2) is 36.5 Å². The number of benzene rings is 1. The smallest absolute Gasteiger partial charge is 0.240 e. The van der Waals surface area contributed by atoms with E-state index in [-0.39, 0.29) is 30.8 Å². The summed E-state index contributed by atoms with van der Waals surface area (Å²) in [7, 11) is 0. The van der Waals surface area contributed by atoms with Crippen LogP contribution in [-0.4, -0.2) is 36.0 Å². The third-order valence-electron chi connectivity index (χ3n) is 4.58. The van der Waals surface area contributed by atoms with E-state index in [1.165, 1.54) is 4.90 Å². The number of fused-ring (bicyclic) bond motifs is 1. The second-order valence-electron chi connectivity index (χ2n) is 6.65. The molecular weight excluding hydrogens is 330 g/mol. The standard InChI is InChI=1S/C20H21N3O3/c1-2-26-16-5-3-4-13(8-16)14-9-18-17(21-11-14)10-20(25)23(18)12-19(24)22-15-6-7-15/h3-5,8-9,11,15H,2,6-7,10,12H2,1H3,(H,22,24). The summed E-state index contributed by atoms with van der Waals surface area (Å²) >= 11 is 0. The van der Waals surface area contributed by atoms with E-state index >= 15 is 0 Å². The van der Waals surface area contributed by atoms with E-state index in [9.17, 15) is 9.59 Å². The monoisotopic (exact) mass is 351 g/mol. The lowest BCUT2D eigenvalue weighted by Gasteiger charge is -2.17. The number of nitrogens with one attached hydrogen (secondary N) is 1. The number of pyridine rings is 1. The van der Waals surface area contributed by atoms with Crippen LogP contribution >= 0.6 is 0 Å². The number of aromatic nitrogens is 1. The van der Waals surface area contributed by atoms with Crippen LogP contribution < -0.4 is 15.0 Å². The number of carbonyl (C=O) groups is 2. The topological polar surface area (TPSA) is 71.5 Å². The quantitative estimate of drug-likeness (QED) is 0.867. The predicted molar refractivity (Wildman–Crippen MR) is 98.1 cm³/mol. The van der Waals surface area contributed by atoms with Crippen LogP contribution in [-0.2, 0) is 16.0 Å². The number of hydrogen-bond acceptors (Lipinski definition) is 4. The van der Waals surface area contributed by atoms with E-state index in [1.54, 1.807) is 6.20 Å². The highest BCUT2D eigenvalue weighted by molar-refractivity contribution is 6.05. The van der Waals surface area contributed by atoms with Crippen molar-refractivity contribution in [3.8, 4) is 16.9 Å². The van der Waals surface area contributed by atoms with Gasteiger partial charge in [0, 0.05) is 17.8 Å². The Morgan fingerprint density at radius 2 is 2.15 bits per heavy atom. The molecule has 1 fully saturated rings. The van der Waals surface area contributed by atoms with Gasteiger partial charge in [-0.1, -0.05) is 12.1 Å². The van der Waals surface area contributed by atoms with Gasteiger partial charge in [-0.15, -0.1) is 0 Å². The van der Waals surface area contributed by atoms with E-state index in [0.29, 0.717) is 6.61 Å². The molecule has 1 saturated carbocycles. The van der Waals surface area contributed by atoms with Gasteiger partial charge in [0.25, 0.3) is 0 Å². The van der Waals surface area contributed by atoms with E-state index in [1.807, 2.05) is 37.3 Å². The van der Waals surface area contributed by atoms with E-state index < -0.39 is 0 Å². The summed E-state index contributed by atoms with van der Waals surface area (Å²) in [4.78, 5) is 30.5. The van der Waals surface area contributed by atoms with Gasteiger partial charge in [-0.3, -0.25) is 14.6 Å². The zero-order chi connectivity index (χ0) is 18.1. The first-order valence-electron chi connectivity index (χ1n) is 8.96. The Bertz CT molecular complexity index is 861. The van der Waals surface area contributed by atoms with Crippen molar-refractivity contribution in [1.29, 1.82) is 0 Å². The predicted octanol–water partition coefficient (Wildman–Crippen LogP) is 2.31. The molecule has 0 saturated heterocycles. The molecule has 1 aromatic carbocycles. The molecule has 0 atom stereocenters. The van der Waals surface area contributed by atoms with Crippen molar-refractivity contribution >= 4 is 17.5 Å². The Kier molecular flexibility index (Phi) is 4.32. The Hall–Kier alpha value is -2.89. The first kappa shape index (κ1) is 16.6. The normalized spacial score (nSPS) is 15.7. The maximum atomic E-state index is 12.3. The number of carbonyl (C=O) groups excluding carboxylic acids is 2. The van der Waals surface area contributed by atoms with Gasteiger partial charge in [-0.25, -0.2) is 0 Å². The molecule has 6 nitrogen and oxygen atoms in total. The van der Waals surface area contributed by atoms with Gasteiger partial charge >= 0.3 is 0 Å². The van der Waals surface area contributed by atoms with E-state index in [0.717, 1.165) is 41.1 Å².